The van der Waals surface area contributed by atoms with Crippen LogP contribution in [0.3, 0.4) is 0 Å². The minimum atomic E-state index is -1.61. The lowest BCUT2D eigenvalue weighted by molar-refractivity contribution is 0.0926. The Morgan fingerprint density at radius 1 is 1.47 bits per heavy atom. The van der Waals surface area contributed by atoms with E-state index in [1.54, 1.807) is 19.1 Å². The van der Waals surface area contributed by atoms with Crippen LogP contribution in [0.1, 0.15) is 17.4 Å². The Bertz CT molecular complexity index is 361. The van der Waals surface area contributed by atoms with E-state index >= 15 is 0 Å². The quantitative estimate of drug-likeness (QED) is 0.605. The number of halogens is 4. The molecule has 0 N–H and O–H groups in total. The lowest BCUT2D eigenvalue weighted by Gasteiger charge is -2.18. The number of aromatic nitrogens is 1. The molecule has 1 aromatic heterocycles. The SMILES string of the molecule is C[C@H](C(=O)c1ccc(Br)cn1)C(Cl)(Cl)Cl. The fraction of sp³-hybridized carbons (Fsp3) is 0.333. The van der Waals surface area contributed by atoms with E-state index in [0.717, 1.165) is 4.47 Å². The Morgan fingerprint density at radius 3 is 2.47 bits per heavy atom. The zero-order valence-electron chi connectivity index (χ0n) is 7.68. The molecule has 0 saturated carbocycles. The number of nitrogens with zero attached hydrogens (tertiary/aromatic N) is 1. The van der Waals surface area contributed by atoms with Gasteiger partial charge in [0.2, 0.25) is 0 Å². The molecule has 0 aliphatic carbocycles. The number of Topliss-reactive ketones (excluding diaryl/α,β-unsaturated/α-hetero) is 1. The normalized spacial score (nSPS) is 13.7. The lowest BCUT2D eigenvalue weighted by atomic mass is 10.1. The van der Waals surface area contributed by atoms with Crippen molar-refractivity contribution in [2.45, 2.75) is 10.7 Å². The molecule has 0 amide bonds. The zero-order valence-corrected chi connectivity index (χ0v) is 11.5. The highest BCUT2D eigenvalue weighted by atomic mass is 79.9. The molecular weight excluding hydrogens is 324 g/mol. The van der Waals surface area contributed by atoms with Gasteiger partial charge >= 0.3 is 0 Å². The van der Waals surface area contributed by atoms with Crippen molar-refractivity contribution >= 4 is 56.5 Å². The fourth-order valence-corrected chi connectivity index (χ4v) is 1.42. The van der Waals surface area contributed by atoms with Gasteiger partial charge in [0.25, 0.3) is 0 Å². The first-order valence-electron chi connectivity index (χ1n) is 4.05. The standard InChI is InChI=1S/C9H7BrCl3NO/c1-5(9(11,12)13)8(15)7-3-2-6(10)4-14-7/h2-5H,1H3/t5-/m1/s1. The van der Waals surface area contributed by atoms with Crippen LogP contribution < -0.4 is 0 Å². The maximum Gasteiger partial charge on any atom is 0.200 e. The summed E-state index contributed by atoms with van der Waals surface area (Å²) in [4.78, 5) is 15.7. The molecular formula is C9H7BrCl3NO. The predicted molar refractivity (Wildman–Crippen MR) is 65.7 cm³/mol. The van der Waals surface area contributed by atoms with Crippen molar-refractivity contribution in [2.75, 3.05) is 0 Å². The molecule has 0 spiro atoms. The van der Waals surface area contributed by atoms with Gasteiger partial charge in [0.05, 0.1) is 5.92 Å². The molecule has 0 fully saturated rings. The summed E-state index contributed by atoms with van der Waals surface area (Å²) in [6, 6.07) is 3.30. The molecule has 82 valence electrons. The van der Waals surface area contributed by atoms with Crippen LogP contribution in [0.15, 0.2) is 22.8 Å². The predicted octanol–water partition coefficient (Wildman–Crippen LogP) is 4.03. The van der Waals surface area contributed by atoms with Gasteiger partial charge in [0.1, 0.15) is 5.69 Å². The first kappa shape index (κ1) is 13.2. The summed E-state index contributed by atoms with van der Waals surface area (Å²) < 4.78 is -0.813. The van der Waals surface area contributed by atoms with Crippen molar-refractivity contribution in [1.82, 2.24) is 4.98 Å². The average molecular weight is 331 g/mol. The topological polar surface area (TPSA) is 30.0 Å². The van der Waals surface area contributed by atoms with Gasteiger partial charge < -0.3 is 0 Å². The van der Waals surface area contributed by atoms with Gasteiger partial charge in [-0.15, -0.1) is 0 Å². The van der Waals surface area contributed by atoms with Gasteiger partial charge in [-0.2, -0.15) is 0 Å². The summed E-state index contributed by atoms with van der Waals surface area (Å²) in [5.74, 6) is -1.02. The van der Waals surface area contributed by atoms with Crippen LogP contribution >= 0.6 is 50.7 Å². The summed E-state index contributed by atoms with van der Waals surface area (Å²) in [7, 11) is 0. The molecule has 0 aliphatic rings. The third-order valence-corrected chi connectivity index (χ3v) is 3.32. The molecule has 15 heavy (non-hydrogen) atoms. The van der Waals surface area contributed by atoms with Crippen LogP contribution in [-0.2, 0) is 0 Å². The summed E-state index contributed by atoms with van der Waals surface area (Å²) in [6.07, 6.45) is 1.53. The van der Waals surface area contributed by atoms with Crippen LogP contribution in [0.4, 0.5) is 0 Å². The molecule has 6 heteroatoms. The van der Waals surface area contributed by atoms with E-state index < -0.39 is 9.71 Å². The highest BCUT2D eigenvalue weighted by molar-refractivity contribution is 9.10. The van der Waals surface area contributed by atoms with Gasteiger partial charge in [-0.1, -0.05) is 41.7 Å². The van der Waals surface area contributed by atoms with Crippen molar-refractivity contribution in [1.29, 1.82) is 0 Å². The fourth-order valence-electron chi connectivity index (χ4n) is 0.892. The molecule has 2 nitrogen and oxygen atoms in total. The van der Waals surface area contributed by atoms with Gasteiger partial charge in [0.15, 0.2) is 9.58 Å². The van der Waals surface area contributed by atoms with E-state index in [2.05, 4.69) is 20.9 Å². The van der Waals surface area contributed by atoms with E-state index in [-0.39, 0.29) is 11.5 Å². The minimum absolute atomic E-state index is 0.289. The molecule has 0 bridgehead atoms. The number of alkyl halides is 3. The molecule has 0 aliphatic heterocycles. The van der Waals surface area contributed by atoms with Crippen LogP contribution in [0.5, 0.6) is 0 Å². The number of carbonyl (C=O) groups excluding carboxylic acids is 1. The first-order chi connectivity index (χ1) is 6.82. The number of rotatable bonds is 2. The second-order valence-electron chi connectivity index (χ2n) is 2.99. The number of hydrogen-bond donors (Lipinski definition) is 0. The molecule has 0 aromatic carbocycles. The Balaban J connectivity index is 2.90. The molecule has 1 heterocycles. The van der Waals surface area contributed by atoms with Crippen LogP contribution in [0.25, 0.3) is 0 Å². The first-order valence-corrected chi connectivity index (χ1v) is 5.97. The van der Waals surface area contributed by atoms with Crippen LogP contribution in [-0.4, -0.2) is 14.6 Å². The minimum Gasteiger partial charge on any atom is -0.292 e. The van der Waals surface area contributed by atoms with Gasteiger partial charge in [-0.05, 0) is 28.1 Å². The van der Waals surface area contributed by atoms with Gasteiger partial charge in [0, 0.05) is 10.7 Å². The third-order valence-electron chi connectivity index (χ3n) is 1.86. The molecule has 0 unspecified atom stereocenters. The molecule has 1 atom stereocenters. The smallest absolute Gasteiger partial charge is 0.200 e. The summed E-state index contributed by atoms with van der Waals surface area (Å²) >= 11 is 20.1. The second-order valence-corrected chi connectivity index (χ2v) is 6.27. The van der Waals surface area contributed by atoms with Gasteiger partial charge in [-0.3, -0.25) is 9.78 Å². The summed E-state index contributed by atoms with van der Waals surface area (Å²) in [5.41, 5.74) is 0.289. The average Bonchev–Trinajstić information content (AvgIpc) is 2.15. The number of pyridine rings is 1. The highest BCUT2D eigenvalue weighted by Gasteiger charge is 2.35. The van der Waals surface area contributed by atoms with Gasteiger partial charge in [-0.25, -0.2) is 0 Å². The molecule has 0 radical (unpaired) electrons. The monoisotopic (exact) mass is 329 g/mol. The van der Waals surface area contributed by atoms with Crippen molar-refractivity contribution in [2.24, 2.45) is 5.92 Å². The van der Waals surface area contributed by atoms with E-state index in [4.69, 9.17) is 34.8 Å². The third kappa shape index (κ3) is 3.59. The largest absolute Gasteiger partial charge is 0.292 e. The Kier molecular flexibility index (Phi) is 4.41. The Labute approximate surface area is 111 Å². The van der Waals surface area contributed by atoms with E-state index in [1.807, 2.05) is 0 Å². The zero-order chi connectivity index (χ0) is 11.6. The van der Waals surface area contributed by atoms with Crippen LogP contribution in [0.2, 0.25) is 0 Å². The van der Waals surface area contributed by atoms with Crippen LogP contribution in [0, 0.1) is 5.92 Å². The molecule has 0 saturated heterocycles. The van der Waals surface area contributed by atoms with Crippen molar-refractivity contribution in [3.05, 3.63) is 28.5 Å². The Hall–Kier alpha value is 0.170. The van der Waals surface area contributed by atoms with E-state index in [1.165, 1.54) is 6.20 Å². The second kappa shape index (κ2) is 5.00. The van der Waals surface area contributed by atoms with Crippen molar-refractivity contribution in [3.63, 3.8) is 0 Å². The molecule has 1 rings (SSSR count). The number of hydrogen-bond acceptors (Lipinski definition) is 2. The lowest BCUT2D eigenvalue weighted by Crippen LogP contribution is -2.25. The summed E-state index contributed by atoms with van der Waals surface area (Å²) in [5, 5.41) is 0. The maximum absolute atomic E-state index is 11.8. The maximum atomic E-state index is 11.8. The van der Waals surface area contributed by atoms with Crippen molar-refractivity contribution < 1.29 is 4.79 Å². The number of carbonyl (C=O) groups is 1. The van der Waals surface area contributed by atoms with E-state index in [9.17, 15) is 4.79 Å². The molecule has 1 aromatic rings. The Morgan fingerprint density at radius 2 is 2.07 bits per heavy atom. The summed E-state index contributed by atoms with van der Waals surface area (Å²) in [6.45, 7) is 1.55. The number of ketones is 1. The van der Waals surface area contributed by atoms with E-state index in [0.29, 0.717) is 0 Å². The highest BCUT2D eigenvalue weighted by Crippen LogP contribution is 2.36. The van der Waals surface area contributed by atoms with Crippen molar-refractivity contribution in [3.8, 4) is 0 Å².